The SMILES string of the molecule is CC(C(=O)S)c1cccnc1.CCC(=O)S. The lowest BCUT2D eigenvalue weighted by atomic mass is 10.1. The second kappa shape index (κ2) is 8.35. The molecule has 1 rings (SSSR count). The van der Waals surface area contributed by atoms with Crippen LogP contribution < -0.4 is 0 Å². The van der Waals surface area contributed by atoms with E-state index in [1.165, 1.54) is 0 Å². The lowest BCUT2D eigenvalue weighted by Gasteiger charge is -2.04. The Morgan fingerprint density at radius 3 is 2.31 bits per heavy atom. The summed E-state index contributed by atoms with van der Waals surface area (Å²) >= 11 is 7.20. The van der Waals surface area contributed by atoms with Gasteiger partial charge in [-0.3, -0.25) is 14.6 Å². The molecule has 0 fully saturated rings. The molecule has 0 bridgehead atoms. The summed E-state index contributed by atoms with van der Waals surface area (Å²) in [5, 5.41) is -0.178. The molecule has 0 saturated carbocycles. The maximum Gasteiger partial charge on any atom is 0.193 e. The average molecular weight is 257 g/mol. The zero-order valence-corrected chi connectivity index (χ0v) is 11.0. The first kappa shape index (κ1) is 15.2. The molecule has 0 saturated heterocycles. The van der Waals surface area contributed by atoms with E-state index in [0.717, 1.165) is 5.56 Å². The minimum Gasteiger partial charge on any atom is -0.288 e. The number of carbonyl (C=O) groups is 2. The van der Waals surface area contributed by atoms with Crippen LogP contribution in [0.25, 0.3) is 0 Å². The van der Waals surface area contributed by atoms with Crippen molar-refractivity contribution in [3.8, 4) is 0 Å². The van der Waals surface area contributed by atoms with E-state index in [1.807, 2.05) is 19.1 Å². The maximum absolute atomic E-state index is 10.8. The van der Waals surface area contributed by atoms with Crippen molar-refractivity contribution in [2.45, 2.75) is 26.2 Å². The van der Waals surface area contributed by atoms with Gasteiger partial charge in [0.25, 0.3) is 0 Å². The number of hydrogen-bond donors (Lipinski definition) is 2. The number of hydrogen-bond acceptors (Lipinski definition) is 3. The topological polar surface area (TPSA) is 47.0 Å². The molecule has 0 radical (unpaired) electrons. The van der Waals surface area contributed by atoms with Gasteiger partial charge in [-0.05, 0) is 11.6 Å². The average Bonchev–Trinajstić information content (AvgIpc) is 2.29. The number of pyridine rings is 1. The molecular formula is C11H15NO2S2. The Labute approximate surface area is 106 Å². The largest absolute Gasteiger partial charge is 0.288 e. The summed E-state index contributed by atoms with van der Waals surface area (Å²) in [6.45, 7) is 3.58. The first-order valence-corrected chi connectivity index (χ1v) is 5.73. The summed E-state index contributed by atoms with van der Waals surface area (Å²) in [5.74, 6) is -0.160. The van der Waals surface area contributed by atoms with Crippen LogP contribution in [-0.4, -0.2) is 15.2 Å². The first-order valence-electron chi connectivity index (χ1n) is 4.83. The highest BCUT2D eigenvalue weighted by atomic mass is 32.1. The van der Waals surface area contributed by atoms with E-state index in [-0.39, 0.29) is 16.1 Å². The minimum absolute atomic E-state index is 0.0509. The fourth-order valence-corrected chi connectivity index (χ4v) is 0.924. The molecule has 0 N–H and O–H groups in total. The molecular weight excluding hydrogens is 242 g/mol. The molecule has 0 amide bonds. The van der Waals surface area contributed by atoms with Crippen molar-refractivity contribution in [3.05, 3.63) is 30.1 Å². The standard InChI is InChI=1S/C8H9NOS.C3H6OS/c1-6(8(10)11)7-3-2-4-9-5-7;1-2-3(4)5/h2-6H,1H3,(H,10,11);2H2,1H3,(H,4,5). The van der Waals surface area contributed by atoms with Crippen molar-refractivity contribution in [2.24, 2.45) is 0 Å². The number of rotatable bonds is 3. The third kappa shape index (κ3) is 6.63. The van der Waals surface area contributed by atoms with Gasteiger partial charge in [0.1, 0.15) is 0 Å². The molecule has 0 aromatic carbocycles. The molecule has 3 nitrogen and oxygen atoms in total. The predicted octanol–water partition coefficient (Wildman–Crippen LogP) is 2.49. The number of nitrogens with zero attached hydrogens (tertiary/aromatic N) is 1. The Morgan fingerprint density at radius 1 is 1.44 bits per heavy atom. The van der Waals surface area contributed by atoms with Crippen molar-refractivity contribution >= 4 is 35.5 Å². The quantitative estimate of drug-likeness (QED) is 0.818. The molecule has 1 atom stereocenters. The monoisotopic (exact) mass is 257 g/mol. The normalized spacial score (nSPS) is 11.0. The van der Waals surface area contributed by atoms with Crippen LogP contribution >= 0.6 is 25.3 Å². The minimum atomic E-state index is -0.160. The van der Waals surface area contributed by atoms with Gasteiger partial charge in [-0.25, -0.2) is 0 Å². The molecule has 1 heterocycles. The van der Waals surface area contributed by atoms with Crippen LogP contribution in [-0.2, 0) is 9.59 Å². The van der Waals surface area contributed by atoms with E-state index in [1.54, 1.807) is 19.3 Å². The summed E-state index contributed by atoms with van der Waals surface area (Å²) < 4.78 is 0. The number of thiol groups is 2. The highest BCUT2D eigenvalue weighted by Crippen LogP contribution is 2.15. The van der Waals surface area contributed by atoms with Crippen LogP contribution in [0.5, 0.6) is 0 Å². The van der Waals surface area contributed by atoms with Gasteiger partial charge in [-0.15, -0.1) is 25.3 Å². The summed E-state index contributed by atoms with van der Waals surface area (Å²) in [6, 6.07) is 3.67. The zero-order chi connectivity index (χ0) is 12.6. The molecule has 0 aliphatic rings. The molecule has 1 aromatic heterocycles. The second-order valence-electron chi connectivity index (χ2n) is 3.09. The summed E-state index contributed by atoms with van der Waals surface area (Å²) in [4.78, 5) is 24.4. The van der Waals surface area contributed by atoms with Crippen molar-refractivity contribution in [2.75, 3.05) is 0 Å². The summed E-state index contributed by atoms with van der Waals surface area (Å²) in [5.41, 5.74) is 0.910. The lowest BCUT2D eigenvalue weighted by molar-refractivity contribution is -0.112. The van der Waals surface area contributed by atoms with Crippen LogP contribution in [0, 0.1) is 0 Å². The summed E-state index contributed by atoms with van der Waals surface area (Å²) in [7, 11) is 0. The van der Waals surface area contributed by atoms with Gasteiger partial charge in [0.2, 0.25) is 0 Å². The molecule has 16 heavy (non-hydrogen) atoms. The fourth-order valence-electron chi connectivity index (χ4n) is 0.775. The number of aromatic nitrogens is 1. The number of carbonyl (C=O) groups excluding carboxylic acids is 2. The first-order chi connectivity index (χ1) is 7.49. The lowest BCUT2D eigenvalue weighted by Crippen LogP contribution is -2.01. The summed E-state index contributed by atoms with van der Waals surface area (Å²) in [6.07, 6.45) is 3.89. The Kier molecular flexibility index (Phi) is 7.93. The molecule has 1 aromatic rings. The Morgan fingerprint density at radius 2 is 2.00 bits per heavy atom. The van der Waals surface area contributed by atoms with Gasteiger partial charge >= 0.3 is 0 Å². The predicted molar refractivity (Wildman–Crippen MR) is 70.9 cm³/mol. The van der Waals surface area contributed by atoms with Crippen LogP contribution in [0.2, 0.25) is 0 Å². The maximum atomic E-state index is 10.8. The van der Waals surface area contributed by atoms with Gasteiger partial charge in [-0.2, -0.15) is 0 Å². The van der Waals surface area contributed by atoms with Crippen molar-refractivity contribution < 1.29 is 9.59 Å². The van der Waals surface area contributed by atoms with Gasteiger partial charge in [0, 0.05) is 18.8 Å². The van der Waals surface area contributed by atoms with Crippen molar-refractivity contribution in [3.63, 3.8) is 0 Å². The zero-order valence-electron chi connectivity index (χ0n) is 9.25. The molecule has 5 heteroatoms. The Hall–Kier alpha value is -0.810. The van der Waals surface area contributed by atoms with E-state index >= 15 is 0 Å². The van der Waals surface area contributed by atoms with E-state index in [9.17, 15) is 9.59 Å². The Bertz CT molecular complexity index is 341. The van der Waals surface area contributed by atoms with Gasteiger partial charge < -0.3 is 0 Å². The highest BCUT2D eigenvalue weighted by molar-refractivity contribution is 7.96. The molecule has 88 valence electrons. The molecule has 0 aliphatic heterocycles. The third-order valence-corrected chi connectivity index (χ3v) is 2.56. The van der Waals surface area contributed by atoms with Crippen LogP contribution in [0.1, 0.15) is 31.7 Å². The van der Waals surface area contributed by atoms with Crippen LogP contribution in [0.15, 0.2) is 24.5 Å². The Balaban J connectivity index is 0.000000385. The van der Waals surface area contributed by atoms with E-state index in [2.05, 4.69) is 30.2 Å². The fraction of sp³-hybridized carbons (Fsp3) is 0.364. The van der Waals surface area contributed by atoms with E-state index in [0.29, 0.717) is 6.42 Å². The van der Waals surface area contributed by atoms with Gasteiger partial charge in [-0.1, -0.05) is 19.9 Å². The van der Waals surface area contributed by atoms with Crippen LogP contribution in [0.3, 0.4) is 0 Å². The van der Waals surface area contributed by atoms with Gasteiger partial charge in [0.15, 0.2) is 10.2 Å². The highest BCUT2D eigenvalue weighted by Gasteiger charge is 2.10. The second-order valence-corrected chi connectivity index (χ2v) is 4.03. The van der Waals surface area contributed by atoms with Crippen molar-refractivity contribution in [1.29, 1.82) is 0 Å². The third-order valence-electron chi connectivity index (χ3n) is 1.86. The van der Waals surface area contributed by atoms with Gasteiger partial charge in [0.05, 0.1) is 5.92 Å². The van der Waals surface area contributed by atoms with E-state index < -0.39 is 0 Å². The van der Waals surface area contributed by atoms with Crippen LogP contribution in [0.4, 0.5) is 0 Å². The molecule has 0 spiro atoms. The molecule has 1 unspecified atom stereocenters. The van der Waals surface area contributed by atoms with E-state index in [4.69, 9.17) is 0 Å². The molecule has 0 aliphatic carbocycles. The smallest absolute Gasteiger partial charge is 0.193 e. The van der Waals surface area contributed by atoms with Crippen molar-refractivity contribution in [1.82, 2.24) is 4.98 Å².